The quantitative estimate of drug-likeness (QED) is 0.303. The lowest BCUT2D eigenvalue weighted by molar-refractivity contribution is 0.0788. The topological polar surface area (TPSA) is 76.6 Å². The molecule has 0 aliphatic carbocycles. The van der Waals surface area contributed by atoms with E-state index < -0.39 is 9.84 Å². The van der Waals surface area contributed by atoms with Gasteiger partial charge in [0.25, 0.3) is 5.91 Å². The van der Waals surface area contributed by atoms with E-state index in [0.29, 0.717) is 30.9 Å². The Morgan fingerprint density at radius 3 is 2.59 bits per heavy atom. The van der Waals surface area contributed by atoms with E-state index >= 15 is 0 Å². The molecule has 3 aromatic rings. The molecular formula is C23H26N2O4S3. The molecule has 0 unspecified atom stereocenters. The van der Waals surface area contributed by atoms with Gasteiger partial charge in [0.1, 0.15) is 10.1 Å². The molecule has 0 saturated heterocycles. The first-order valence-electron chi connectivity index (χ1n) is 10.0. The largest absolute Gasteiger partial charge is 0.493 e. The second-order valence-electron chi connectivity index (χ2n) is 7.42. The zero-order valence-corrected chi connectivity index (χ0v) is 20.7. The van der Waals surface area contributed by atoms with Gasteiger partial charge in [-0.3, -0.25) is 4.79 Å². The first kappa shape index (κ1) is 24.3. The smallest absolute Gasteiger partial charge is 0.253 e. The van der Waals surface area contributed by atoms with Gasteiger partial charge in [0.05, 0.1) is 11.5 Å². The molecule has 1 heterocycles. The van der Waals surface area contributed by atoms with Crippen LogP contribution in [0.3, 0.4) is 0 Å². The molecule has 0 saturated carbocycles. The SMILES string of the molecule is Cc1csc(SCc2ccc(C(=O)N(C)CCCOc3cccc(S(C)(=O)=O)c3)cc2)n1. The Morgan fingerprint density at radius 1 is 1.19 bits per heavy atom. The Kier molecular flexibility index (Phi) is 8.33. The van der Waals surface area contributed by atoms with Crippen molar-refractivity contribution >= 4 is 38.8 Å². The second-order valence-corrected chi connectivity index (χ2v) is 11.5. The number of aromatic nitrogens is 1. The summed E-state index contributed by atoms with van der Waals surface area (Å²) in [5.74, 6) is 1.27. The molecule has 1 amide bonds. The molecule has 0 radical (unpaired) electrons. The Morgan fingerprint density at radius 2 is 1.94 bits per heavy atom. The molecule has 0 spiro atoms. The molecule has 0 aliphatic heterocycles. The summed E-state index contributed by atoms with van der Waals surface area (Å²) >= 11 is 3.34. The van der Waals surface area contributed by atoms with Gasteiger partial charge in [-0.05, 0) is 49.2 Å². The number of amides is 1. The average Bonchev–Trinajstić information content (AvgIpc) is 3.19. The summed E-state index contributed by atoms with van der Waals surface area (Å²) in [6.45, 7) is 2.91. The zero-order chi connectivity index (χ0) is 23.1. The van der Waals surface area contributed by atoms with Crippen LogP contribution in [0.2, 0.25) is 0 Å². The van der Waals surface area contributed by atoms with Crippen molar-refractivity contribution in [3.05, 3.63) is 70.7 Å². The van der Waals surface area contributed by atoms with Gasteiger partial charge >= 0.3 is 0 Å². The molecule has 32 heavy (non-hydrogen) atoms. The number of nitrogens with zero attached hydrogens (tertiary/aromatic N) is 2. The van der Waals surface area contributed by atoms with Crippen molar-refractivity contribution in [1.29, 1.82) is 0 Å². The molecule has 9 heteroatoms. The van der Waals surface area contributed by atoms with E-state index in [-0.39, 0.29) is 10.8 Å². The van der Waals surface area contributed by atoms with Gasteiger partial charge in [-0.15, -0.1) is 11.3 Å². The van der Waals surface area contributed by atoms with E-state index in [1.54, 1.807) is 53.2 Å². The van der Waals surface area contributed by atoms with Crippen LogP contribution >= 0.6 is 23.1 Å². The fraction of sp³-hybridized carbons (Fsp3) is 0.304. The predicted octanol–water partition coefficient (Wildman–Crippen LogP) is 4.69. The van der Waals surface area contributed by atoms with E-state index in [0.717, 1.165) is 21.3 Å². The number of ether oxygens (including phenoxy) is 1. The normalized spacial score (nSPS) is 11.3. The molecule has 6 nitrogen and oxygen atoms in total. The van der Waals surface area contributed by atoms with Gasteiger partial charge in [0.15, 0.2) is 9.84 Å². The maximum atomic E-state index is 12.7. The van der Waals surface area contributed by atoms with E-state index in [1.165, 1.54) is 12.3 Å². The molecule has 3 rings (SSSR count). The van der Waals surface area contributed by atoms with Crippen molar-refractivity contribution in [2.75, 3.05) is 26.5 Å². The second kappa shape index (κ2) is 11.0. The lowest BCUT2D eigenvalue weighted by atomic mass is 10.1. The third-order valence-electron chi connectivity index (χ3n) is 4.65. The number of hydrogen-bond acceptors (Lipinski definition) is 7. The number of sulfone groups is 1. The van der Waals surface area contributed by atoms with Crippen molar-refractivity contribution in [2.24, 2.45) is 0 Å². The highest BCUT2D eigenvalue weighted by Gasteiger charge is 2.12. The van der Waals surface area contributed by atoms with Crippen molar-refractivity contribution in [2.45, 2.75) is 28.3 Å². The molecule has 0 aliphatic rings. The minimum absolute atomic E-state index is 0.0428. The standard InChI is InChI=1S/C23H26N2O4S3/c1-17-15-30-23(24-17)31-16-18-8-10-19(11-9-18)22(26)25(2)12-5-13-29-20-6-4-7-21(14-20)32(3,27)28/h4,6-11,14-15H,5,12-13,16H2,1-3H3. The van der Waals surface area contributed by atoms with Crippen LogP contribution in [0.5, 0.6) is 5.75 Å². The molecule has 0 N–H and O–H groups in total. The highest BCUT2D eigenvalue weighted by Crippen LogP contribution is 2.26. The Balaban J connectivity index is 1.44. The minimum atomic E-state index is -3.27. The Bertz CT molecular complexity index is 1160. The van der Waals surface area contributed by atoms with Gasteiger partial charge in [-0.25, -0.2) is 13.4 Å². The summed E-state index contributed by atoms with van der Waals surface area (Å²) < 4.78 is 30.0. The van der Waals surface area contributed by atoms with E-state index in [2.05, 4.69) is 4.98 Å². The molecule has 0 bridgehead atoms. The molecule has 0 atom stereocenters. The van der Waals surface area contributed by atoms with Crippen molar-refractivity contribution in [3.63, 3.8) is 0 Å². The Labute approximate surface area is 197 Å². The third kappa shape index (κ3) is 7.08. The maximum Gasteiger partial charge on any atom is 0.253 e. The maximum absolute atomic E-state index is 12.7. The summed E-state index contributed by atoms with van der Waals surface area (Å²) in [6, 6.07) is 14.1. The number of thioether (sulfide) groups is 1. The highest BCUT2D eigenvalue weighted by atomic mass is 32.2. The average molecular weight is 491 g/mol. The van der Waals surface area contributed by atoms with E-state index in [1.807, 2.05) is 36.6 Å². The van der Waals surface area contributed by atoms with Gasteiger partial charge in [0, 0.05) is 42.2 Å². The zero-order valence-electron chi connectivity index (χ0n) is 18.3. The lowest BCUT2D eigenvalue weighted by Gasteiger charge is -2.17. The van der Waals surface area contributed by atoms with E-state index in [4.69, 9.17) is 4.74 Å². The lowest BCUT2D eigenvalue weighted by Crippen LogP contribution is -2.28. The van der Waals surface area contributed by atoms with Gasteiger partial charge in [0.2, 0.25) is 0 Å². The predicted molar refractivity (Wildman–Crippen MR) is 129 cm³/mol. The first-order valence-corrected chi connectivity index (χ1v) is 13.8. The number of carbonyl (C=O) groups excluding carboxylic acids is 1. The van der Waals surface area contributed by atoms with Crippen LogP contribution in [-0.4, -0.2) is 50.7 Å². The summed E-state index contributed by atoms with van der Waals surface area (Å²) in [6.07, 6.45) is 1.80. The molecular weight excluding hydrogens is 464 g/mol. The number of thiazole rings is 1. The summed E-state index contributed by atoms with van der Waals surface area (Å²) in [7, 11) is -1.50. The van der Waals surface area contributed by atoms with Crippen LogP contribution in [0, 0.1) is 6.92 Å². The van der Waals surface area contributed by atoms with Crippen molar-refractivity contribution in [1.82, 2.24) is 9.88 Å². The third-order valence-corrected chi connectivity index (χ3v) is 7.97. The molecule has 0 fully saturated rings. The van der Waals surface area contributed by atoms with Crippen molar-refractivity contribution in [3.8, 4) is 5.75 Å². The fourth-order valence-electron chi connectivity index (χ4n) is 2.90. The Hall–Kier alpha value is -2.36. The van der Waals surface area contributed by atoms with Crippen LogP contribution in [0.4, 0.5) is 0 Å². The van der Waals surface area contributed by atoms with Crippen molar-refractivity contribution < 1.29 is 17.9 Å². The minimum Gasteiger partial charge on any atom is -0.493 e. The number of rotatable bonds is 10. The van der Waals surface area contributed by atoms with Gasteiger partial charge < -0.3 is 9.64 Å². The number of hydrogen-bond donors (Lipinski definition) is 0. The van der Waals surface area contributed by atoms with Crippen LogP contribution in [0.25, 0.3) is 0 Å². The molecule has 2 aromatic carbocycles. The highest BCUT2D eigenvalue weighted by molar-refractivity contribution is 8.00. The summed E-state index contributed by atoms with van der Waals surface area (Å²) in [5.41, 5.74) is 2.83. The first-order chi connectivity index (χ1) is 15.2. The van der Waals surface area contributed by atoms with Crippen LogP contribution in [0.15, 0.2) is 63.1 Å². The monoisotopic (exact) mass is 490 g/mol. The fourth-order valence-corrected chi connectivity index (χ4v) is 5.36. The van der Waals surface area contributed by atoms with Crippen LogP contribution in [0.1, 0.15) is 28.0 Å². The number of carbonyl (C=O) groups is 1. The summed E-state index contributed by atoms with van der Waals surface area (Å²) in [5, 5.41) is 2.04. The van der Waals surface area contributed by atoms with Gasteiger partial charge in [-0.2, -0.15) is 0 Å². The number of benzene rings is 2. The molecule has 170 valence electrons. The van der Waals surface area contributed by atoms with Gasteiger partial charge in [-0.1, -0.05) is 30.0 Å². The van der Waals surface area contributed by atoms with Crippen LogP contribution in [-0.2, 0) is 15.6 Å². The summed E-state index contributed by atoms with van der Waals surface area (Å²) in [4.78, 5) is 19.0. The molecule has 1 aromatic heterocycles. The van der Waals surface area contributed by atoms with E-state index in [9.17, 15) is 13.2 Å². The number of aryl methyl sites for hydroxylation is 1. The van der Waals surface area contributed by atoms with Crippen LogP contribution < -0.4 is 4.74 Å².